The summed E-state index contributed by atoms with van der Waals surface area (Å²) in [4.78, 5) is 0. The van der Waals surface area contributed by atoms with Crippen LogP contribution >= 0.6 is 6.49 Å². The van der Waals surface area contributed by atoms with Gasteiger partial charge in [-0.15, -0.1) is 4.08 Å². The summed E-state index contributed by atoms with van der Waals surface area (Å²) >= 11 is 2.66. The lowest BCUT2D eigenvalue weighted by Crippen LogP contribution is -2.31. The van der Waals surface area contributed by atoms with Crippen molar-refractivity contribution >= 4 is 29.6 Å². The van der Waals surface area contributed by atoms with Crippen molar-refractivity contribution in [2.45, 2.75) is 33.6 Å². The van der Waals surface area contributed by atoms with E-state index >= 15 is 0 Å². The molecule has 0 radical (unpaired) electrons. The number of hydrogen-bond donors (Lipinski definition) is 3. The zero-order chi connectivity index (χ0) is 12.3. The molecule has 0 aliphatic rings. The minimum Gasteiger partial charge on any atom is -0.293 e. The Labute approximate surface area is 99.2 Å². The Bertz CT molecular complexity index is 274. The molecule has 0 aromatic carbocycles. The molecule has 0 rings (SSSR count). The Balaban J connectivity index is 4.23. The lowest BCUT2D eigenvalue weighted by atomic mass is 9.91. The van der Waals surface area contributed by atoms with Crippen LogP contribution in [-0.4, -0.2) is 19.4 Å². The number of nitrogens with two attached hydrogens (primary N) is 2. The van der Waals surface area contributed by atoms with E-state index in [0.717, 1.165) is 16.9 Å². The Morgan fingerprint density at radius 3 is 2.20 bits per heavy atom. The summed E-state index contributed by atoms with van der Waals surface area (Å²) in [6.45, 7) is 3.88. The van der Waals surface area contributed by atoms with Gasteiger partial charge in [-0.2, -0.15) is 0 Å². The van der Waals surface area contributed by atoms with Crippen molar-refractivity contribution in [2.24, 2.45) is 16.4 Å². The van der Waals surface area contributed by atoms with Gasteiger partial charge in [0.25, 0.3) is 0 Å². The van der Waals surface area contributed by atoms with Crippen molar-refractivity contribution in [3.05, 3.63) is 0 Å². The average molecular weight is 273 g/mol. The Morgan fingerprint density at radius 2 is 1.93 bits per heavy atom. The van der Waals surface area contributed by atoms with Gasteiger partial charge in [0.05, 0.1) is 0 Å². The predicted octanol–water partition coefficient (Wildman–Crippen LogP) is 1.39. The van der Waals surface area contributed by atoms with Crippen molar-refractivity contribution in [3.63, 3.8) is 0 Å². The van der Waals surface area contributed by atoms with Gasteiger partial charge in [-0.1, -0.05) is 20.8 Å². The van der Waals surface area contributed by atoms with Gasteiger partial charge in [-0.3, -0.25) is 15.6 Å². The fraction of sp³-hybridized carbons (Fsp3) is 1.00. The van der Waals surface area contributed by atoms with E-state index in [2.05, 4.69) is 20.8 Å². The molecule has 0 heterocycles. The molecule has 0 aliphatic carbocycles. The van der Waals surface area contributed by atoms with E-state index in [4.69, 9.17) is 27.4 Å². The van der Waals surface area contributed by atoms with Crippen LogP contribution in [0.4, 0.5) is 0 Å². The van der Waals surface area contributed by atoms with Crippen LogP contribution in [0.25, 0.3) is 0 Å². The predicted molar refractivity (Wildman–Crippen MR) is 68.8 cm³/mol. The maximum atomic E-state index is 10.9. The molecule has 5 N–H and O–H groups in total. The number of rotatable bonds is 5. The van der Waals surface area contributed by atoms with Crippen molar-refractivity contribution in [1.29, 1.82) is 0 Å². The fourth-order valence-electron chi connectivity index (χ4n) is 1.09. The molecule has 0 spiro atoms. The van der Waals surface area contributed by atoms with Crippen LogP contribution in [0.1, 0.15) is 33.6 Å². The summed E-state index contributed by atoms with van der Waals surface area (Å²) in [5.74, 6) is 0. The highest BCUT2D eigenvalue weighted by Crippen LogP contribution is 2.34. The van der Waals surface area contributed by atoms with Crippen molar-refractivity contribution in [1.82, 2.24) is 4.08 Å². The summed E-state index contributed by atoms with van der Waals surface area (Å²) in [5.41, 5.74) is 11.2. The van der Waals surface area contributed by atoms with Crippen molar-refractivity contribution in [2.75, 3.05) is 6.54 Å². The first-order valence-electron chi connectivity index (χ1n) is 4.60. The normalized spacial score (nSPS) is 15.7. The maximum Gasteiger partial charge on any atom is 0.240 e. The van der Waals surface area contributed by atoms with E-state index in [1.165, 1.54) is 0 Å². The van der Waals surface area contributed by atoms with E-state index in [1.807, 2.05) is 0 Å². The molecule has 0 fully saturated rings. The first-order chi connectivity index (χ1) is 6.54. The first-order valence-corrected chi connectivity index (χ1v) is 8.56. The van der Waals surface area contributed by atoms with Gasteiger partial charge in [-0.05, 0) is 30.1 Å². The van der Waals surface area contributed by atoms with Crippen molar-refractivity contribution in [3.8, 4) is 0 Å². The van der Waals surface area contributed by atoms with E-state index in [9.17, 15) is 4.21 Å². The van der Waals surface area contributed by atoms with E-state index in [1.54, 1.807) is 0 Å². The third kappa shape index (κ3) is 7.52. The SMILES string of the molecule is CC(C)(C)CCCN(S(=O)O)P(N)(N)=S. The molecule has 0 saturated carbocycles. The smallest absolute Gasteiger partial charge is 0.240 e. The highest BCUT2D eigenvalue weighted by atomic mass is 32.5. The lowest BCUT2D eigenvalue weighted by molar-refractivity contribution is 0.354. The van der Waals surface area contributed by atoms with Crippen LogP contribution in [0.5, 0.6) is 0 Å². The summed E-state index contributed by atoms with van der Waals surface area (Å²) in [6.07, 6.45) is 1.68. The number of hydrogen-bond acceptors (Lipinski definition) is 2. The van der Waals surface area contributed by atoms with Gasteiger partial charge in [0.2, 0.25) is 11.3 Å². The van der Waals surface area contributed by atoms with Gasteiger partial charge in [-0.25, -0.2) is 4.21 Å². The monoisotopic (exact) mass is 273 g/mol. The van der Waals surface area contributed by atoms with Gasteiger partial charge < -0.3 is 0 Å². The molecule has 0 saturated heterocycles. The summed E-state index contributed by atoms with van der Waals surface area (Å²) < 4.78 is 21.0. The molecule has 92 valence electrons. The second kappa shape index (κ2) is 5.82. The molecule has 0 aliphatic heterocycles. The molecule has 0 amide bonds. The Morgan fingerprint density at radius 1 is 1.47 bits per heavy atom. The van der Waals surface area contributed by atoms with Gasteiger partial charge in [0, 0.05) is 6.54 Å². The molecular formula is C7H20N3O2PS2. The van der Waals surface area contributed by atoms with E-state index in [-0.39, 0.29) is 5.41 Å². The highest BCUT2D eigenvalue weighted by Gasteiger charge is 2.22. The minimum absolute atomic E-state index is 0.189. The summed E-state index contributed by atoms with van der Waals surface area (Å²) in [7, 11) is 0. The van der Waals surface area contributed by atoms with Crippen LogP contribution in [0.15, 0.2) is 0 Å². The fourth-order valence-corrected chi connectivity index (χ4v) is 3.46. The molecule has 5 nitrogen and oxygen atoms in total. The topological polar surface area (TPSA) is 92.6 Å². The molecule has 0 aromatic rings. The second-order valence-corrected chi connectivity index (χ2v) is 9.40. The third-order valence-electron chi connectivity index (χ3n) is 1.81. The lowest BCUT2D eigenvalue weighted by Gasteiger charge is -2.25. The highest BCUT2D eigenvalue weighted by molar-refractivity contribution is 8.14. The zero-order valence-corrected chi connectivity index (χ0v) is 11.9. The van der Waals surface area contributed by atoms with Crippen LogP contribution in [0.2, 0.25) is 0 Å². The molecular weight excluding hydrogens is 253 g/mol. The van der Waals surface area contributed by atoms with E-state index < -0.39 is 17.8 Å². The standard InChI is InChI=1S/C7H20N3O2PS2/c1-7(2,3)5-4-6-10(15(11)12)13(8,9)14/h4-6H2,1-3H3,(H,11,12)(H4,8,9,14). The van der Waals surface area contributed by atoms with Crippen LogP contribution in [-0.2, 0) is 23.1 Å². The van der Waals surface area contributed by atoms with Gasteiger partial charge in [0.1, 0.15) is 6.49 Å². The van der Waals surface area contributed by atoms with Gasteiger partial charge >= 0.3 is 0 Å². The molecule has 15 heavy (non-hydrogen) atoms. The Hall–Kier alpha value is 0.640. The average Bonchev–Trinajstić information content (AvgIpc) is 1.92. The van der Waals surface area contributed by atoms with Gasteiger partial charge in [0.15, 0.2) is 0 Å². The van der Waals surface area contributed by atoms with Crippen molar-refractivity contribution < 1.29 is 8.76 Å². The van der Waals surface area contributed by atoms with Crippen LogP contribution in [0.3, 0.4) is 0 Å². The summed E-state index contributed by atoms with van der Waals surface area (Å²) in [5, 5.41) is 0. The number of nitrogens with zero attached hydrogens (tertiary/aromatic N) is 1. The minimum atomic E-state index is -2.80. The molecule has 0 aromatic heterocycles. The maximum absolute atomic E-state index is 10.9. The van der Waals surface area contributed by atoms with E-state index in [0.29, 0.717) is 6.54 Å². The Kier molecular flexibility index (Phi) is 6.06. The van der Waals surface area contributed by atoms with Crippen LogP contribution in [0, 0.1) is 5.41 Å². The largest absolute Gasteiger partial charge is 0.293 e. The van der Waals surface area contributed by atoms with Crippen LogP contribution < -0.4 is 11.0 Å². The molecule has 0 bridgehead atoms. The third-order valence-corrected chi connectivity index (χ3v) is 5.38. The summed E-state index contributed by atoms with van der Waals surface area (Å²) in [6, 6.07) is 0. The molecule has 1 atom stereocenters. The molecule has 8 heteroatoms. The molecule has 1 unspecified atom stereocenters. The first kappa shape index (κ1) is 15.6. The quantitative estimate of drug-likeness (QED) is 0.520. The zero-order valence-electron chi connectivity index (χ0n) is 9.34. The second-order valence-electron chi connectivity index (χ2n) is 4.64.